The highest BCUT2D eigenvalue weighted by Crippen LogP contribution is 2.31. The summed E-state index contributed by atoms with van der Waals surface area (Å²) in [6.07, 6.45) is 5.00. The molecule has 4 rings (SSSR count). The van der Waals surface area contributed by atoms with Gasteiger partial charge in [-0.3, -0.25) is 0 Å². The van der Waals surface area contributed by atoms with E-state index in [0.29, 0.717) is 0 Å². The molecular weight excluding hydrogens is 362 g/mol. The van der Waals surface area contributed by atoms with E-state index in [1.165, 1.54) is 0 Å². The third-order valence-corrected chi connectivity index (χ3v) is 4.76. The third-order valence-electron chi connectivity index (χ3n) is 4.51. The van der Waals surface area contributed by atoms with Gasteiger partial charge in [0.05, 0.1) is 0 Å². The topological polar surface area (TPSA) is 14.1 Å². The molecule has 0 unspecified atom stereocenters. The van der Waals surface area contributed by atoms with E-state index in [1.54, 1.807) is 0 Å². The van der Waals surface area contributed by atoms with Gasteiger partial charge in [-0.15, -0.1) is 24.3 Å². The smallest absolute Gasteiger partial charge is 0.187 e. The Balaban J connectivity index is 1.87. The standard InChI is InChI=1S/C26H18ClN/c27-23-16-14-22(15-17-23)25-13-7-12-24(21-10-5-2-6-11-21)26(25)19-28-18-20-8-3-1-4-9-20/h1-17,19H. The zero-order valence-corrected chi connectivity index (χ0v) is 16.0. The van der Waals surface area contributed by atoms with Gasteiger partial charge in [0.2, 0.25) is 6.21 Å². The third kappa shape index (κ3) is 4.13. The minimum Gasteiger partial charge on any atom is -0.187 e. The molecule has 0 aliphatic rings. The highest BCUT2D eigenvalue weighted by Gasteiger charge is 2.11. The van der Waals surface area contributed by atoms with Crippen LogP contribution in [0.1, 0.15) is 11.1 Å². The quantitative estimate of drug-likeness (QED) is 0.229. The average Bonchev–Trinajstić information content (AvgIpc) is 2.76. The fourth-order valence-electron chi connectivity index (χ4n) is 3.14. The van der Waals surface area contributed by atoms with Crippen molar-refractivity contribution in [3.8, 4) is 22.3 Å². The second kappa shape index (κ2) is 8.54. The van der Waals surface area contributed by atoms with Crippen molar-refractivity contribution < 1.29 is 0 Å². The van der Waals surface area contributed by atoms with E-state index in [9.17, 15) is 0 Å². The summed E-state index contributed by atoms with van der Waals surface area (Å²) in [5, 5.41) is 0.726. The number of rotatable bonds is 4. The van der Waals surface area contributed by atoms with E-state index in [1.807, 2.05) is 79.0 Å². The van der Waals surface area contributed by atoms with Crippen molar-refractivity contribution in [3.63, 3.8) is 0 Å². The molecule has 28 heavy (non-hydrogen) atoms. The van der Waals surface area contributed by atoms with Gasteiger partial charge in [0, 0.05) is 10.6 Å². The molecule has 0 saturated heterocycles. The summed E-state index contributed by atoms with van der Waals surface area (Å²) in [4.78, 5) is 0. The van der Waals surface area contributed by atoms with E-state index in [2.05, 4.69) is 41.2 Å². The molecule has 134 valence electrons. The van der Waals surface area contributed by atoms with Crippen molar-refractivity contribution in [3.05, 3.63) is 119 Å². The first kappa shape index (κ1) is 18.0. The second-order valence-electron chi connectivity index (χ2n) is 6.38. The molecule has 0 radical (unpaired) electrons. The molecule has 0 aliphatic carbocycles. The molecule has 0 aliphatic heterocycles. The van der Waals surface area contributed by atoms with Crippen LogP contribution in [0.25, 0.3) is 22.3 Å². The first-order valence-electron chi connectivity index (χ1n) is 9.10. The summed E-state index contributed by atoms with van der Waals surface area (Å²) >= 11 is 6.08. The van der Waals surface area contributed by atoms with E-state index in [4.69, 9.17) is 11.6 Å². The van der Waals surface area contributed by atoms with Crippen LogP contribution in [0, 0.1) is 0 Å². The summed E-state index contributed by atoms with van der Waals surface area (Å²) in [5.41, 5.74) is 6.49. The zero-order valence-electron chi connectivity index (χ0n) is 15.2. The van der Waals surface area contributed by atoms with Crippen molar-refractivity contribution in [1.82, 2.24) is 4.67 Å². The van der Waals surface area contributed by atoms with Crippen LogP contribution in [0.5, 0.6) is 0 Å². The zero-order chi connectivity index (χ0) is 19.2. The summed E-state index contributed by atoms with van der Waals surface area (Å²) in [5.74, 6) is 0. The van der Waals surface area contributed by atoms with Crippen molar-refractivity contribution in [2.45, 2.75) is 0 Å². The maximum absolute atomic E-state index is 6.08. The highest BCUT2D eigenvalue weighted by molar-refractivity contribution is 6.30. The molecule has 4 aromatic rings. The Kier molecular flexibility index (Phi) is 5.49. The average molecular weight is 380 g/mol. The molecule has 0 atom stereocenters. The van der Waals surface area contributed by atoms with Crippen molar-refractivity contribution in [1.29, 1.82) is 0 Å². The Morgan fingerprint density at radius 2 is 1.18 bits per heavy atom. The van der Waals surface area contributed by atoms with Crippen LogP contribution in [-0.4, -0.2) is 12.4 Å². The molecule has 1 nitrogen and oxygen atoms in total. The van der Waals surface area contributed by atoms with E-state index < -0.39 is 0 Å². The Labute approximate surface area is 170 Å². The summed E-state index contributed by atoms with van der Waals surface area (Å²) in [7, 11) is 0. The van der Waals surface area contributed by atoms with Crippen LogP contribution in [0.2, 0.25) is 5.02 Å². The monoisotopic (exact) mass is 379 g/mol. The fourth-order valence-corrected chi connectivity index (χ4v) is 3.26. The first-order valence-corrected chi connectivity index (χ1v) is 9.47. The fraction of sp³-hybridized carbons (Fsp3) is 0. The number of hydrogen-bond donors (Lipinski definition) is 0. The minimum absolute atomic E-state index is 0.726. The molecule has 0 heterocycles. The largest absolute Gasteiger partial charge is 0.290 e. The van der Waals surface area contributed by atoms with Crippen LogP contribution in [0.15, 0.2) is 103 Å². The lowest BCUT2D eigenvalue weighted by Gasteiger charge is -2.11. The molecule has 0 fully saturated rings. The number of hydrogen-bond acceptors (Lipinski definition) is 0. The molecule has 0 amide bonds. The SMILES string of the molecule is Clc1ccc(-c2cccc(-c3ccccc3)c2C=[N+]=[C-]c2ccccc2)cc1. The maximum Gasteiger partial charge on any atom is 0.290 e. The van der Waals surface area contributed by atoms with Crippen LogP contribution in [0.4, 0.5) is 0 Å². The maximum atomic E-state index is 6.08. The van der Waals surface area contributed by atoms with Crippen LogP contribution < -0.4 is 4.67 Å². The molecule has 4 aromatic carbocycles. The molecule has 2 heteroatoms. The van der Waals surface area contributed by atoms with Gasteiger partial charge in [-0.1, -0.05) is 83.9 Å². The van der Waals surface area contributed by atoms with E-state index in [-0.39, 0.29) is 0 Å². The lowest BCUT2D eigenvalue weighted by atomic mass is 9.92. The van der Waals surface area contributed by atoms with Crippen molar-refractivity contribution in [2.75, 3.05) is 0 Å². The summed E-state index contributed by atoms with van der Waals surface area (Å²) in [6.45, 7) is 0. The Morgan fingerprint density at radius 1 is 0.607 bits per heavy atom. The van der Waals surface area contributed by atoms with Gasteiger partial charge >= 0.3 is 0 Å². The highest BCUT2D eigenvalue weighted by atomic mass is 35.5. The molecule has 0 N–H and O–H groups in total. The molecule has 0 spiro atoms. The Morgan fingerprint density at radius 3 is 1.82 bits per heavy atom. The Bertz CT molecular complexity index is 1120. The Hall–Kier alpha value is -3.38. The molecular formula is C26H18ClN. The molecule has 0 saturated carbocycles. The van der Waals surface area contributed by atoms with E-state index in [0.717, 1.165) is 38.4 Å². The lowest BCUT2D eigenvalue weighted by molar-refractivity contribution is 1.55. The van der Waals surface area contributed by atoms with Gasteiger partial charge in [-0.05, 0) is 34.4 Å². The predicted octanol–water partition coefficient (Wildman–Crippen LogP) is 6.16. The predicted molar refractivity (Wildman–Crippen MR) is 120 cm³/mol. The minimum atomic E-state index is 0.726. The van der Waals surface area contributed by atoms with Crippen LogP contribution in [0.3, 0.4) is 0 Å². The lowest BCUT2D eigenvalue weighted by Crippen LogP contribution is -1.96. The van der Waals surface area contributed by atoms with Gasteiger partial charge in [-0.25, -0.2) is 0 Å². The van der Waals surface area contributed by atoms with Crippen molar-refractivity contribution >= 4 is 24.0 Å². The summed E-state index contributed by atoms with van der Waals surface area (Å²) < 4.78 is 4.50. The molecule has 0 aromatic heterocycles. The van der Waals surface area contributed by atoms with E-state index >= 15 is 0 Å². The van der Waals surface area contributed by atoms with Crippen LogP contribution in [-0.2, 0) is 0 Å². The van der Waals surface area contributed by atoms with Gasteiger partial charge < -0.3 is 0 Å². The number of nitrogens with zero attached hydrogens (tertiary/aromatic N) is 1. The van der Waals surface area contributed by atoms with Crippen LogP contribution >= 0.6 is 11.6 Å². The van der Waals surface area contributed by atoms with Gasteiger partial charge in [0.1, 0.15) is 0 Å². The normalized spacial score (nSPS) is 10.2. The van der Waals surface area contributed by atoms with Gasteiger partial charge in [-0.2, -0.15) is 4.67 Å². The second-order valence-corrected chi connectivity index (χ2v) is 6.81. The summed E-state index contributed by atoms with van der Waals surface area (Å²) in [6, 6.07) is 34.5. The number of benzene rings is 4. The van der Waals surface area contributed by atoms with Gasteiger partial charge in [0.15, 0.2) is 0 Å². The first-order chi connectivity index (χ1) is 13.8. The molecule has 0 bridgehead atoms. The van der Waals surface area contributed by atoms with Crippen molar-refractivity contribution in [2.24, 2.45) is 0 Å². The van der Waals surface area contributed by atoms with Gasteiger partial charge in [0.25, 0.3) is 6.21 Å². The number of halogens is 1.